The number of ether oxygens (including phenoxy) is 2. The van der Waals surface area contributed by atoms with Crippen molar-refractivity contribution in [1.29, 1.82) is 0 Å². The summed E-state index contributed by atoms with van der Waals surface area (Å²) in [4.78, 5) is 0. The summed E-state index contributed by atoms with van der Waals surface area (Å²) in [5.41, 5.74) is 2.19. The molecule has 5 heteroatoms. The summed E-state index contributed by atoms with van der Waals surface area (Å²) in [6.07, 6.45) is 0. The van der Waals surface area contributed by atoms with E-state index in [1.807, 2.05) is 43.3 Å². The molecule has 0 heterocycles. The van der Waals surface area contributed by atoms with Crippen LogP contribution in [-0.2, 0) is 13.1 Å². The molecule has 0 unspecified atom stereocenters. The third kappa shape index (κ3) is 4.38. The van der Waals surface area contributed by atoms with Gasteiger partial charge >= 0.3 is 0 Å². The molecule has 118 valence electrons. The van der Waals surface area contributed by atoms with Crippen molar-refractivity contribution >= 4 is 27.5 Å². The Morgan fingerprint density at radius 1 is 1.18 bits per heavy atom. The van der Waals surface area contributed by atoms with Gasteiger partial charge in [0.1, 0.15) is 0 Å². The van der Waals surface area contributed by atoms with Crippen molar-refractivity contribution in [3.8, 4) is 11.5 Å². The molecule has 0 radical (unpaired) electrons. The molecule has 0 fully saturated rings. The van der Waals surface area contributed by atoms with E-state index in [9.17, 15) is 0 Å². The van der Waals surface area contributed by atoms with Gasteiger partial charge in [-0.1, -0.05) is 29.8 Å². The number of halogens is 2. The SMILES string of the molecule is CCOc1c(Br)cc(CNCc2ccccc2Cl)cc1OC. The van der Waals surface area contributed by atoms with E-state index in [0.29, 0.717) is 19.7 Å². The Morgan fingerprint density at radius 3 is 2.64 bits per heavy atom. The minimum atomic E-state index is 0.596. The molecule has 0 amide bonds. The normalized spacial score (nSPS) is 10.5. The van der Waals surface area contributed by atoms with Gasteiger partial charge in [0.05, 0.1) is 18.2 Å². The van der Waals surface area contributed by atoms with Gasteiger partial charge in [-0.2, -0.15) is 0 Å². The second kappa shape index (κ2) is 8.42. The fraction of sp³-hybridized carbons (Fsp3) is 0.294. The number of rotatable bonds is 7. The second-order valence-corrected chi connectivity index (χ2v) is 6.00. The smallest absolute Gasteiger partial charge is 0.175 e. The summed E-state index contributed by atoms with van der Waals surface area (Å²) >= 11 is 9.68. The van der Waals surface area contributed by atoms with Gasteiger partial charge in [0, 0.05) is 18.1 Å². The third-order valence-electron chi connectivity index (χ3n) is 3.18. The Labute approximate surface area is 144 Å². The lowest BCUT2D eigenvalue weighted by Crippen LogP contribution is -2.13. The van der Waals surface area contributed by atoms with Crippen molar-refractivity contribution in [1.82, 2.24) is 5.32 Å². The first-order valence-electron chi connectivity index (χ1n) is 7.09. The van der Waals surface area contributed by atoms with Gasteiger partial charge in [-0.25, -0.2) is 0 Å². The number of methoxy groups -OCH3 is 1. The number of hydrogen-bond donors (Lipinski definition) is 1. The second-order valence-electron chi connectivity index (χ2n) is 4.74. The highest BCUT2D eigenvalue weighted by Crippen LogP contribution is 2.36. The first kappa shape index (κ1) is 17.1. The van der Waals surface area contributed by atoms with Crippen molar-refractivity contribution in [3.05, 3.63) is 57.0 Å². The van der Waals surface area contributed by atoms with E-state index >= 15 is 0 Å². The molecule has 1 N–H and O–H groups in total. The van der Waals surface area contributed by atoms with Crippen LogP contribution in [0.5, 0.6) is 11.5 Å². The minimum Gasteiger partial charge on any atom is -0.493 e. The van der Waals surface area contributed by atoms with Crippen LogP contribution in [0.15, 0.2) is 40.9 Å². The molecule has 0 spiro atoms. The molecular formula is C17H19BrClNO2. The van der Waals surface area contributed by atoms with Crippen LogP contribution in [0.1, 0.15) is 18.1 Å². The van der Waals surface area contributed by atoms with Crippen LogP contribution in [-0.4, -0.2) is 13.7 Å². The van der Waals surface area contributed by atoms with E-state index in [2.05, 4.69) is 21.2 Å². The lowest BCUT2D eigenvalue weighted by Gasteiger charge is -2.14. The van der Waals surface area contributed by atoms with Crippen molar-refractivity contribution in [3.63, 3.8) is 0 Å². The Bertz CT molecular complexity index is 634. The van der Waals surface area contributed by atoms with Crippen LogP contribution in [0, 0.1) is 0 Å². The third-order valence-corrected chi connectivity index (χ3v) is 4.14. The van der Waals surface area contributed by atoms with E-state index in [4.69, 9.17) is 21.1 Å². The Morgan fingerprint density at radius 2 is 1.95 bits per heavy atom. The lowest BCUT2D eigenvalue weighted by atomic mass is 10.2. The van der Waals surface area contributed by atoms with E-state index < -0.39 is 0 Å². The molecular weight excluding hydrogens is 366 g/mol. The molecule has 0 aliphatic rings. The predicted molar refractivity (Wildman–Crippen MR) is 93.9 cm³/mol. The van der Waals surface area contributed by atoms with Crippen molar-refractivity contribution in [2.24, 2.45) is 0 Å². The Hall–Kier alpha value is -1.23. The van der Waals surface area contributed by atoms with Gasteiger partial charge < -0.3 is 14.8 Å². The molecule has 0 saturated carbocycles. The molecule has 0 aliphatic heterocycles. The molecule has 2 rings (SSSR count). The van der Waals surface area contributed by atoms with Crippen molar-refractivity contribution < 1.29 is 9.47 Å². The first-order valence-corrected chi connectivity index (χ1v) is 8.26. The van der Waals surface area contributed by atoms with Gasteiger partial charge in [0.25, 0.3) is 0 Å². The minimum absolute atomic E-state index is 0.596. The standard InChI is InChI=1S/C17H19BrClNO2/c1-3-22-17-14(18)8-12(9-16(17)21-2)10-20-11-13-6-4-5-7-15(13)19/h4-9,20H,3,10-11H2,1-2H3. The maximum Gasteiger partial charge on any atom is 0.175 e. The fourth-order valence-electron chi connectivity index (χ4n) is 2.14. The first-order chi connectivity index (χ1) is 10.7. The zero-order valence-electron chi connectivity index (χ0n) is 12.7. The van der Waals surface area contributed by atoms with Gasteiger partial charge in [-0.15, -0.1) is 0 Å². The summed E-state index contributed by atoms with van der Waals surface area (Å²) in [5.74, 6) is 1.46. The fourth-order valence-corrected chi connectivity index (χ4v) is 2.95. The van der Waals surface area contributed by atoms with Crippen LogP contribution in [0.25, 0.3) is 0 Å². The quantitative estimate of drug-likeness (QED) is 0.744. The zero-order valence-corrected chi connectivity index (χ0v) is 15.0. The molecule has 0 aromatic heterocycles. The summed E-state index contributed by atoms with van der Waals surface area (Å²) in [5, 5.41) is 4.17. The highest BCUT2D eigenvalue weighted by atomic mass is 79.9. The predicted octanol–water partition coefficient (Wildman–Crippen LogP) is 4.80. The number of benzene rings is 2. The molecule has 0 aliphatic carbocycles. The average molecular weight is 385 g/mol. The highest BCUT2D eigenvalue weighted by Gasteiger charge is 2.11. The van der Waals surface area contributed by atoms with Crippen molar-refractivity contribution in [2.75, 3.05) is 13.7 Å². The van der Waals surface area contributed by atoms with E-state index in [0.717, 1.165) is 32.1 Å². The van der Waals surface area contributed by atoms with Crippen molar-refractivity contribution in [2.45, 2.75) is 20.0 Å². The van der Waals surface area contributed by atoms with Crippen LogP contribution in [0.3, 0.4) is 0 Å². The summed E-state index contributed by atoms with van der Waals surface area (Å²) in [6.45, 7) is 3.98. The maximum absolute atomic E-state index is 6.15. The summed E-state index contributed by atoms with van der Waals surface area (Å²) < 4.78 is 11.9. The molecule has 2 aromatic rings. The van der Waals surface area contributed by atoms with E-state index in [1.54, 1.807) is 7.11 Å². The Balaban J connectivity index is 2.04. The topological polar surface area (TPSA) is 30.5 Å². The average Bonchev–Trinajstić information content (AvgIpc) is 2.51. The van der Waals surface area contributed by atoms with Gasteiger partial charge in [-0.05, 0) is 52.2 Å². The van der Waals surface area contributed by atoms with Crippen LogP contribution >= 0.6 is 27.5 Å². The largest absolute Gasteiger partial charge is 0.493 e. The lowest BCUT2D eigenvalue weighted by molar-refractivity contribution is 0.308. The van der Waals surface area contributed by atoms with E-state index in [-0.39, 0.29) is 0 Å². The van der Waals surface area contributed by atoms with Gasteiger partial charge in [0.15, 0.2) is 11.5 Å². The molecule has 0 atom stereocenters. The number of hydrogen-bond acceptors (Lipinski definition) is 3. The maximum atomic E-state index is 6.15. The molecule has 22 heavy (non-hydrogen) atoms. The molecule has 3 nitrogen and oxygen atoms in total. The van der Waals surface area contributed by atoms with Crippen LogP contribution in [0.2, 0.25) is 5.02 Å². The van der Waals surface area contributed by atoms with Gasteiger partial charge in [0.2, 0.25) is 0 Å². The van der Waals surface area contributed by atoms with Gasteiger partial charge in [-0.3, -0.25) is 0 Å². The molecule has 2 aromatic carbocycles. The number of nitrogens with one attached hydrogen (secondary N) is 1. The van der Waals surface area contributed by atoms with E-state index in [1.165, 1.54) is 0 Å². The summed E-state index contributed by atoms with van der Waals surface area (Å²) in [7, 11) is 1.64. The highest BCUT2D eigenvalue weighted by molar-refractivity contribution is 9.10. The Kier molecular flexibility index (Phi) is 6.55. The van der Waals surface area contributed by atoms with Crippen LogP contribution < -0.4 is 14.8 Å². The van der Waals surface area contributed by atoms with Crippen LogP contribution in [0.4, 0.5) is 0 Å². The summed E-state index contributed by atoms with van der Waals surface area (Å²) in [6, 6.07) is 11.8. The zero-order chi connectivity index (χ0) is 15.9. The molecule has 0 bridgehead atoms. The monoisotopic (exact) mass is 383 g/mol. The molecule has 0 saturated heterocycles.